The Morgan fingerprint density at radius 3 is 2.71 bits per heavy atom. The van der Waals surface area contributed by atoms with Crippen LogP contribution in [0.15, 0.2) is 78.0 Å². The molecule has 0 amide bonds. The van der Waals surface area contributed by atoms with Crippen LogP contribution in [0.4, 0.5) is 11.5 Å². The average molecular weight is 449 g/mol. The highest BCUT2D eigenvalue weighted by Crippen LogP contribution is 2.35. The van der Waals surface area contributed by atoms with Gasteiger partial charge in [-0.3, -0.25) is 4.99 Å². The number of ether oxygens (including phenoxy) is 2. The first-order valence-electron chi connectivity index (χ1n) is 11.2. The van der Waals surface area contributed by atoms with Gasteiger partial charge in [0.25, 0.3) is 0 Å². The van der Waals surface area contributed by atoms with Crippen molar-refractivity contribution >= 4 is 28.6 Å². The summed E-state index contributed by atoms with van der Waals surface area (Å²) >= 11 is 0. The summed E-state index contributed by atoms with van der Waals surface area (Å²) < 4.78 is 11.5. The predicted molar refractivity (Wildman–Crippen MR) is 135 cm³/mol. The molecule has 1 aromatic heterocycles. The predicted octanol–water partition coefficient (Wildman–Crippen LogP) is 6.01. The van der Waals surface area contributed by atoms with Crippen LogP contribution in [0.5, 0.6) is 17.2 Å². The van der Waals surface area contributed by atoms with Crippen molar-refractivity contribution in [1.29, 1.82) is 0 Å². The van der Waals surface area contributed by atoms with Gasteiger partial charge in [-0.05, 0) is 55.3 Å². The summed E-state index contributed by atoms with van der Waals surface area (Å²) in [6.07, 6.45) is 5.67. The number of nitrogens with one attached hydrogen (secondary N) is 1. The maximum absolute atomic E-state index is 5.97. The van der Waals surface area contributed by atoms with E-state index in [2.05, 4.69) is 32.1 Å². The van der Waals surface area contributed by atoms with E-state index in [9.17, 15) is 0 Å². The monoisotopic (exact) mass is 448 g/mol. The van der Waals surface area contributed by atoms with Crippen molar-refractivity contribution < 1.29 is 9.47 Å². The lowest BCUT2D eigenvalue weighted by Gasteiger charge is -2.13. The number of methoxy groups -OCH3 is 1. The normalized spacial score (nSPS) is 14.8. The molecule has 0 radical (unpaired) electrons. The smallest absolute Gasteiger partial charge is 0.169 e. The van der Waals surface area contributed by atoms with Crippen LogP contribution in [0, 0.1) is 17.8 Å². The third-order valence-corrected chi connectivity index (χ3v) is 5.52. The standard InChI is InChI=1S/C28H24N4O2/c1-33-27-17-22(12-14-26(27)34-23-7-3-2-4-8-23)32-28-24-16-20(11-13-25(24)30-19-31-28)9-10-21-6-5-15-29-18-21/h2-4,7-8,11-14,16-19,21H,5-6,15H2,1H3,(H,30,31,32). The van der Waals surface area contributed by atoms with Crippen molar-refractivity contribution in [2.45, 2.75) is 12.8 Å². The summed E-state index contributed by atoms with van der Waals surface area (Å²) in [4.78, 5) is 13.2. The van der Waals surface area contributed by atoms with Gasteiger partial charge < -0.3 is 14.8 Å². The zero-order valence-electron chi connectivity index (χ0n) is 18.9. The summed E-state index contributed by atoms with van der Waals surface area (Å²) in [5.41, 5.74) is 2.60. The second-order valence-electron chi connectivity index (χ2n) is 7.93. The van der Waals surface area contributed by atoms with Gasteiger partial charge in [-0.2, -0.15) is 0 Å². The fraction of sp³-hybridized carbons (Fsp3) is 0.179. The third-order valence-electron chi connectivity index (χ3n) is 5.52. The van der Waals surface area contributed by atoms with Gasteiger partial charge in [-0.25, -0.2) is 9.97 Å². The van der Waals surface area contributed by atoms with Crippen LogP contribution in [-0.2, 0) is 0 Å². The quantitative estimate of drug-likeness (QED) is 0.379. The Morgan fingerprint density at radius 2 is 1.88 bits per heavy atom. The molecule has 34 heavy (non-hydrogen) atoms. The van der Waals surface area contributed by atoms with Gasteiger partial charge >= 0.3 is 0 Å². The van der Waals surface area contributed by atoms with E-state index < -0.39 is 0 Å². The van der Waals surface area contributed by atoms with Crippen molar-refractivity contribution in [1.82, 2.24) is 9.97 Å². The lowest BCUT2D eigenvalue weighted by atomic mass is 10.0. The molecule has 1 aliphatic heterocycles. The third kappa shape index (κ3) is 5.00. The summed E-state index contributed by atoms with van der Waals surface area (Å²) in [6.45, 7) is 0.907. The van der Waals surface area contributed by atoms with Crippen LogP contribution in [-0.4, -0.2) is 29.8 Å². The van der Waals surface area contributed by atoms with Gasteiger partial charge in [-0.15, -0.1) is 0 Å². The molecular weight excluding hydrogens is 424 g/mol. The summed E-state index contributed by atoms with van der Waals surface area (Å²) in [5.74, 6) is 9.53. The molecule has 0 aliphatic carbocycles. The van der Waals surface area contributed by atoms with Crippen LogP contribution in [0.25, 0.3) is 10.9 Å². The number of hydrogen-bond donors (Lipinski definition) is 1. The zero-order valence-corrected chi connectivity index (χ0v) is 18.9. The second-order valence-corrected chi connectivity index (χ2v) is 7.93. The lowest BCUT2D eigenvalue weighted by molar-refractivity contribution is 0.379. The molecule has 4 aromatic rings. The molecule has 1 N–H and O–H groups in total. The van der Waals surface area contributed by atoms with Gasteiger partial charge in [0.15, 0.2) is 11.5 Å². The first-order chi connectivity index (χ1) is 16.8. The summed E-state index contributed by atoms with van der Waals surface area (Å²) in [6, 6.07) is 21.3. The Kier molecular flexibility index (Phi) is 6.35. The molecule has 0 saturated carbocycles. The zero-order chi connectivity index (χ0) is 23.2. The van der Waals surface area contributed by atoms with E-state index in [-0.39, 0.29) is 5.92 Å². The number of fused-ring (bicyclic) bond motifs is 1. The fourth-order valence-corrected chi connectivity index (χ4v) is 3.78. The van der Waals surface area contributed by atoms with E-state index in [1.165, 1.54) is 0 Å². The molecule has 0 saturated heterocycles. The van der Waals surface area contributed by atoms with E-state index in [1.54, 1.807) is 13.4 Å². The number of nitrogens with zero attached hydrogens (tertiary/aromatic N) is 3. The number of para-hydroxylation sites is 1. The largest absolute Gasteiger partial charge is 0.493 e. The number of aromatic nitrogens is 2. The van der Waals surface area contributed by atoms with E-state index in [0.29, 0.717) is 17.3 Å². The second kappa shape index (κ2) is 10.1. The van der Waals surface area contributed by atoms with Gasteiger partial charge in [0.05, 0.1) is 18.5 Å². The number of benzene rings is 3. The van der Waals surface area contributed by atoms with E-state index in [1.807, 2.05) is 72.9 Å². The molecule has 6 heteroatoms. The maximum atomic E-state index is 5.97. The molecule has 6 nitrogen and oxygen atoms in total. The highest BCUT2D eigenvalue weighted by molar-refractivity contribution is 5.91. The first kappa shape index (κ1) is 21.5. The summed E-state index contributed by atoms with van der Waals surface area (Å²) in [5, 5.41) is 4.29. The molecule has 3 aromatic carbocycles. The Hall–Kier alpha value is -4.37. The first-order valence-corrected chi connectivity index (χ1v) is 11.2. The molecule has 1 aliphatic rings. The molecule has 0 fully saturated rings. The van der Waals surface area contributed by atoms with Gasteiger partial charge in [0.2, 0.25) is 0 Å². The SMILES string of the molecule is COc1cc(Nc2ncnc3ccc(C#CC4C=NCCC4)cc23)ccc1Oc1ccccc1. The fourth-order valence-electron chi connectivity index (χ4n) is 3.78. The molecule has 1 unspecified atom stereocenters. The van der Waals surface area contributed by atoms with Crippen molar-refractivity contribution in [3.8, 4) is 29.1 Å². The van der Waals surface area contributed by atoms with Crippen molar-refractivity contribution in [2.75, 3.05) is 19.0 Å². The van der Waals surface area contributed by atoms with E-state index in [4.69, 9.17) is 9.47 Å². The molecule has 0 spiro atoms. The minimum atomic E-state index is 0.221. The molecule has 5 rings (SSSR count). The molecule has 1 atom stereocenters. The Balaban J connectivity index is 1.41. The Labute approximate surface area is 198 Å². The average Bonchev–Trinajstić information content (AvgIpc) is 2.90. The number of anilines is 2. The van der Waals surface area contributed by atoms with Crippen LogP contribution in [0.1, 0.15) is 18.4 Å². The summed E-state index contributed by atoms with van der Waals surface area (Å²) in [7, 11) is 1.62. The van der Waals surface area contributed by atoms with Crippen LogP contribution < -0.4 is 14.8 Å². The minimum absolute atomic E-state index is 0.221. The number of aliphatic imine (C=N–C) groups is 1. The van der Waals surface area contributed by atoms with Gasteiger partial charge in [-0.1, -0.05) is 30.0 Å². The molecule has 2 heterocycles. The van der Waals surface area contributed by atoms with E-state index in [0.717, 1.165) is 47.3 Å². The van der Waals surface area contributed by atoms with Gasteiger partial charge in [0, 0.05) is 35.5 Å². The maximum Gasteiger partial charge on any atom is 0.169 e. The molecule has 0 bridgehead atoms. The van der Waals surface area contributed by atoms with Crippen LogP contribution in [0.2, 0.25) is 0 Å². The number of rotatable bonds is 5. The Bertz CT molecular complexity index is 1390. The van der Waals surface area contributed by atoms with Crippen molar-refractivity contribution in [3.63, 3.8) is 0 Å². The minimum Gasteiger partial charge on any atom is -0.493 e. The molecule has 168 valence electrons. The highest BCUT2D eigenvalue weighted by atomic mass is 16.5. The van der Waals surface area contributed by atoms with Crippen molar-refractivity contribution in [3.05, 3.63) is 78.6 Å². The number of hydrogen-bond acceptors (Lipinski definition) is 6. The highest BCUT2D eigenvalue weighted by Gasteiger charge is 2.10. The van der Waals surface area contributed by atoms with E-state index >= 15 is 0 Å². The lowest BCUT2D eigenvalue weighted by Crippen LogP contribution is -2.05. The van der Waals surface area contributed by atoms with Gasteiger partial charge in [0.1, 0.15) is 17.9 Å². The van der Waals surface area contributed by atoms with Crippen molar-refractivity contribution in [2.24, 2.45) is 10.9 Å². The van der Waals surface area contributed by atoms with Crippen LogP contribution >= 0.6 is 0 Å². The molecular formula is C28H24N4O2. The van der Waals surface area contributed by atoms with Crippen LogP contribution in [0.3, 0.4) is 0 Å². The Morgan fingerprint density at radius 1 is 0.971 bits per heavy atom. The topological polar surface area (TPSA) is 68.6 Å².